The molecule has 0 spiro atoms. The second-order valence-corrected chi connectivity index (χ2v) is 2.68. The van der Waals surface area contributed by atoms with Crippen molar-refractivity contribution in [1.29, 1.82) is 0 Å². The second kappa shape index (κ2) is 14.2. The summed E-state index contributed by atoms with van der Waals surface area (Å²) in [6, 6.07) is 8.71. The summed E-state index contributed by atoms with van der Waals surface area (Å²) in [5, 5.41) is 8.63. The Balaban J connectivity index is -0.0000000701. The van der Waals surface area contributed by atoms with Gasteiger partial charge in [-0.15, -0.1) is 0 Å². The van der Waals surface area contributed by atoms with Crippen LogP contribution >= 0.6 is 7.82 Å². The van der Waals surface area contributed by atoms with Crippen molar-refractivity contribution in [1.82, 2.24) is 0 Å². The van der Waals surface area contributed by atoms with E-state index >= 15 is 0 Å². The number of hydrogen-bond acceptors (Lipinski definition) is 5. The van der Waals surface area contributed by atoms with Crippen molar-refractivity contribution >= 4 is 7.82 Å². The predicted octanol–water partition coefficient (Wildman–Crippen LogP) is -10.4. The fourth-order valence-corrected chi connectivity index (χ4v) is 0.428. The van der Waals surface area contributed by atoms with E-state index in [0.717, 1.165) is 0 Å². The van der Waals surface area contributed by atoms with Gasteiger partial charge in [0.15, 0.2) is 0 Å². The molecule has 1 rings (SSSR count). The first-order valence-electron chi connectivity index (χ1n) is 2.86. The fraction of sp³-hybridized carbons (Fsp3) is 0. The Morgan fingerprint density at radius 3 is 1.33 bits per heavy atom. The fourth-order valence-electron chi connectivity index (χ4n) is 0.428. The van der Waals surface area contributed by atoms with Crippen LogP contribution in [0, 0.1) is 0 Å². The largest absolute Gasteiger partial charge is 1.00 e. The number of phenolic OH excluding ortho intramolecular Hbond substituents is 1. The molecule has 0 heterocycles. The van der Waals surface area contributed by atoms with Crippen molar-refractivity contribution in [3.8, 4) is 5.75 Å². The van der Waals surface area contributed by atoms with Crippen LogP contribution in [0.25, 0.3) is 0 Å². The van der Waals surface area contributed by atoms with Crippen LogP contribution in [-0.2, 0) is 4.57 Å². The van der Waals surface area contributed by atoms with Gasteiger partial charge in [0.2, 0.25) is 0 Å². The molecule has 1 N–H and O–H groups in total. The van der Waals surface area contributed by atoms with Gasteiger partial charge in [-0.25, -0.2) is 0 Å². The number of aromatic hydroxyl groups is 1. The second-order valence-electron chi connectivity index (χ2n) is 1.78. The quantitative estimate of drug-likeness (QED) is 0.367. The summed E-state index contributed by atoms with van der Waals surface area (Å²) in [6.45, 7) is 0. The van der Waals surface area contributed by atoms with Crippen LogP contribution in [-0.4, -0.2) is 5.11 Å². The number of hydrogen-bond donors (Lipinski definition) is 1. The third-order valence-corrected chi connectivity index (χ3v) is 0.756. The summed E-state index contributed by atoms with van der Waals surface area (Å²) in [6.07, 6.45) is 0. The Morgan fingerprint density at radius 1 is 0.933 bits per heavy atom. The van der Waals surface area contributed by atoms with E-state index in [4.69, 9.17) is 24.4 Å². The van der Waals surface area contributed by atoms with Gasteiger partial charge < -0.3 is 24.4 Å². The van der Waals surface area contributed by atoms with E-state index in [1.165, 1.54) is 0 Å². The molecule has 0 fully saturated rings. The minimum absolute atomic E-state index is 0. The van der Waals surface area contributed by atoms with Crippen LogP contribution in [0.2, 0.25) is 0 Å². The molecule has 0 radical (unpaired) electrons. The Kier molecular flexibility index (Phi) is 24.5. The zero-order chi connectivity index (χ0) is 9.61. The molecular weight excluding hydrogens is 252 g/mol. The molecule has 1 aromatic rings. The maximum atomic E-state index is 8.63. The average molecular weight is 258 g/mol. The zero-order valence-corrected chi connectivity index (χ0v) is 15.8. The first-order chi connectivity index (χ1) is 5.39. The maximum Gasteiger partial charge on any atom is 1.00 e. The van der Waals surface area contributed by atoms with E-state index in [1.54, 1.807) is 24.3 Å². The van der Waals surface area contributed by atoms with Crippen molar-refractivity contribution in [2.75, 3.05) is 0 Å². The predicted molar refractivity (Wildman–Crippen MR) is 35.7 cm³/mol. The number of phenols is 1. The molecule has 0 aliphatic heterocycles. The van der Waals surface area contributed by atoms with E-state index in [2.05, 4.69) is 0 Å². The molecule has 0 atom stereocenters. The Hall–Kier alpha value is 2.13. The SMILES string of the molecule is O=P([O-])([O-])[O-].Oc1ccccc1.[Na+].[Na+].[Na+]. The van der Waals surface area contributed by atoms with E-state index in [0.29, 0.717) is 5.75 Å². The third-order valence-electron chi connectivity index (χ3n) is 0.756. The van der Waals surface area contributed by atoms with E-state index in [9.17, 15) is 0 Å². The van der Waals surface area contributed by atoms with Crippen LogP contribution in [0.1, 0.15) is 0 Å². The molecule has 0 saturated carbocycles. The van der Waals surface area contributed by atoms with Gasteiger partial charge in [-0.05, 0) is 12.1 Å². The van der Waals surface area contributed by atoms with Crippen molar-refractivity contribution < 1.29 is 113 Å². The molecule has 0 amide bonds. The normalized spacial score (nSPS) is 7.93. The summed E-state index contributed by atoms with van der Waals surface area (Å²) in [7, 11) is -5.39. The first kappa shape index (κ1) is 25.9. The molecule has 0 bridgehead atoms. The smallest absolute Gasteiger partial charge is 0.822 e. The van der Waals surface area contributed by atoms with Gasteiger partial charge >= 0.3 is 88.7 Å². The molecule has 0 unspecified atom stereocenters. The first-order valence-corrected chi connectivity index (χ1v) is 4.33. The van der Waals surface area contributed by atoms with Gasteiger partial charge in [-0.3, -0.25) is 0 Å². The Morgan fingerprint density at radius 2 is 1.20 bits per heavy atom. The summed E-state index contributed by atoms with van der Waals surface area (Å²) in [5.41, 5.74) is 0. The molecular formula is C6H6Na3O5P. The molecule has 5 nitrogen and oxygen atoms in total. The van der Waals surface area contributed by atoms with Gasteiger partial charge in [0.05, 0.1) is 0 Å². The van der Waals surface area contributed by atoms with Crippen LogP contribution in [0.15, 0.2) is 30.3 Å². The number of rotatable bonds is 0. The van der Waals surface area contributed by atoms with Gasteiger partial charge in [0.1, 0.15) is 5.75 Å². The molecule has 0 aliphatic carbocycles. The summed E-state index contributed by atoms with van der Waals surface area (Å²) >= 11 is 0. The molecule has 68 valence electrons. The molecule has 0 aliphatic rings. The minimum atomic E-state index is -5.39. The van der Waals surface area contributed by atoms with Crippen molar-refractivity contribution in [2.24, 2.45) is 0 Å². The third kappa shape index (κ3) is 31.4. The van der Waals surface area contributed by atoms with Crippen molar-refractivity contribution in [3.63, 3.8) is 0 Å². The van der Waals surface area contributed by atoms with E-state index < -0.39 is 7.82 Å². The summed E-state index contributed by atoms with van der Waals surface area (Å²) < 4.78 is 8.55. The van der Waals surface area contributed by atoms with E-state index in [-0.39, 0.29) is 88.7 Å². The van der Waals surface area contributed by atoms with Crippen LogP contribution in [0.3, 0.4) is 0 Å². The average Bonchev–Trinajstić information content (AvgIpc) is 1.85. The van der Waals surface area contributed by atoms with Gasteiger partial charge in [0, 0.05) is 0 Å². The number of benzene rings is 1. The minimum Gasteiger partial charge on any atom is -0.822 e. The zero-order valence-electron chi connectivity index (χ0n) is 8.91. The standard InChI is InChI=1S/C6H6O.3Na.H3O4P/c7-6-4-2-1-3-5-6;;;;1-5(2,3)4/h1-5,7H;;;;(H3,1,2,3,4)/q;3*+1;/p-3. The van der Waals surface area contributed by atoms with Gasteiger partial charge in [0.25, 0.3) is 0 Å². The Labute approximate surface area is 154 Å². The van der Waals surface area contributed by atoms with E-state index in [1.807, 2.05) is 6.07 Å². The topological polar surface area (TPSA) is 106 Å². The molecule has 1 aromatic carbocycles. The summed E-state index contributed by atoms with van der Waals surface area (Å²) in [5.74, 6) is 0.322. The maximum absolute atomic E-state index is 8.63. The van der Waals surface area contributed by atoms with Crippen LogP contribution in [0.5, 0.6) is 5.75 Å². The van der Waals surface area contributed by atoms with Gasteiger partial charge in [-0.1, -0.05) is 18.2 Å². The number of phosphoric acid groups is 1. The molecule has 9 heteroatoms. The van der Waals surface area contributed by atoms with Crippen molar-refractivity contribution in [2.45, 2.75) is 0 Å². The molecule has 0 aromatic heterocycles. The van der Waals surface area contributed by atoms with Crippen LogP contribution < -0.4 is 103 Å². The Bertz CT molecular complexity index is 256. The summed E-state index contributed by atoms with van der Waals surface area (Å²) in [4.78, 5) is 25.6. The monoisotopic (exact) mass is 258 g/mol. The van der Waals surface area contributed by atoms with Gasteiger partial charge in [-0.2, -0.15) is 7.82 Å². The molecule has 0 saturated heterocycles. The van der Waals surface area contributed by atoms with Crippen LogP contribution in [0.4, 0.5) is 0 Å². The van der Waals surface area contributed by atoms with Crippen molar-refractivity contribution in [3.05, 3.63) is 30.3 Å². The number of para-hydroxylation sites is 1. The molecule has 15 heavy (non-hydrogen) atoms.